The molecule has 27 heavy (non-hydrogen) atoms. The topological polar surface area (TPSA) is 74.8 Å². The van der Waals surface area contributed by atoms with Crippen molar-refractivity contribution in [1.82, 2.24) is 16.0 Å². The van der Waals surface area contributed by atoms with Gasteiger partial charge in [0.15, 0.2) is 5.96 Å². The maximum atomic E-state index is 12.0. The van der Waals surface area contributed by atoms with Crippen molar-refractivity contribution in [2.75, 3.05) is 26.7 Å². The third kappa shape index (κ3) is 9.41. The summed E-state index contributed by atoms with van der Waals surface area (Å²) >= 11 is 0. The molecule has 0 spiro atoms. The average molecular weight is 490 g/mol. The highest BCUT2D eigenvalue weighted by molar-refractivity contribution is 14.0. The average Bonchev–Trinajstić information content (AvgIpc) is 2.59. The van der Waals surface area contributed by atoms with E-state index >= 15 is 0 Å². The minimum Gasteiger partial charge on any atom is -0.379 e. The molecule has 1 unspecified atom stereocenters. The number of benzene rings is 1. The maximum absolute atomic E-state index is 12.0. The lowest BCUT2D eigenvalue weighted by molar-refractivity contribution is 0.0205. The molecule has 154 valence electrons. The molecular weight excluding hydrogens is 455 g/mol. The molecule has 0 fully saturated rings. The van der Waals surface area contributed by atoms with Gasteiger partial charge in [-0.3, -0.25) is 4.79 Å². The number of nitrogens with one attached hydrogen (secondary N) is 3. The van der Waals surface area contributed by atoms with E-state index in [1.807, 2.05) is 38.1 Å². The summed E-state index contributed by atoms with van der Waals surface area (Å²) in [6, 6.07) is 7.55. The molecular formula is C20H35IN4O2. The largest absolute Gasteiger partial charge is 0.379 e. The molecule has 1 aromatic carbocycles. The molecule has 0 bridgehead atoms. The number of halogens is 1. The summed E-state index contributed by atoms with van der Waals surface area (Å²) in [5, 5.41) is 9.40. The van der Waals surface area contributed by atoms with Gasteiger partial charge in [0.25, 0.3) is 5.91 Å². The molecule has 1 rings (SSSR count). The van der Waals surface area contributed by atoms with Crippen molar-refractivity contribution in [1.29, 1.82) is 0 Å². The summed E-state index contributed by atoms with van der Waals surface area (Å²) < 4.78 is 5.58. The van der Waals surface area contributed by atoms with Crippen LogP contribution in [0.25, 0.3) is 0 Å². The van der Waals surface area contributed by atoms with Gasteiger partial charge in [0, 0.05) is 32.3 Å². The van der Waals surface area contributed by atoms with Gasteiger partial charge in [0.05, 0.1) is 12.6 Å². The molecule has 0 aliphatic carbocycles. The van der Waals surface area contributed by atoms with E-state index < -0.39 is 0 Å². The number of rotatable bonds is 8. The van der Waals surface area contributed by atoms with Crippen molar-refractivity contribution in [3.8, 4) is 0 Å². The van der Waals surface area contributed by atoms with Crippen LogP contribution in [0.5, 0.6) is 0 Å². The molecule has 0 aromatic heterocycles. The summed E-state index contributed by atoms with van der Waals surface area (Å²) in [4.78, 5) is 16.6. The molecule has 6 nitrogen and oxygen atoms in total. The maximum Gasteiger partial charge on any atom is 0.251 e. The summed E-state index contributed by atoms with van der Waals surface area (Å²) in [5.41, 5.74) is 1.69. The van der Waals surface area contributed by atoms with Crippen LogP contribution < -0.4 is 16.0 Å². The third-order valence-corrected chi connectivity index (χ3v) is 4.00. The first-order chi connectivity index (χ1) is 12.3. The van der Waals surface area contributed by atoms with Crippen molar-refractivity contribution < 1.29 is 9.53 Å². The number of hydrogen-bond acceptors (Lipinski definition) is 3. The Labute approximate surface area is 181 Å². The number of carbonyl (C=O) groups is 1. The van der Waals surface area contributed by atoms with Crippen LogP contribution in [0.1, 0.15) is 50.5 Å². The van der Waals surface area contributed by atoms with Crippen molar-refractivity contribution in [2.45, 2.75) is 47.3 Å². The quantitative estimate of drug-likeness (QED) is 0.297. The first kappa shape index (κ1) is 25.6. The van der Waals surface area contributed by atoms with E-state index in [9.17, 15) is 4.79 Å². The highest BCUT2D eigenvalue weighted by Crippen LogP contribution is 2.20. The number of carbonyl (C=O) groups excluding carboxylic acids is 1. The Kier molecular flexibility index (Phi) is 12.3. The molecule has 0 saturated carbocycles. The predicted octanol–water partition coefficient (Wildman–Crippen LogP) is 3.17. The van der Waals surface area contributed by atoms with Gasteiger partial charge in [-0.15, -0.1) is 24.0 Å². The lowest BCUT2D eigenvalue weighted by atomic mass is 9.89. The standard InChI is InChI=1S/C20H34N4O2.HI/c1-7-21-18(25)16-11-9-10-15(12-16)13-23-19(22-8-2)24-14-17(26-6)20(3,4)5;/h9-12,17H,7-8,13-14H2,1-6H3,(H,21,25)(H2,22,23,24);1H. The molecule has 1 amide bonds. The zero-order valence-corrected chi connectivity index (χ0v) is 19.7. The van der Waals surface area contributed by atoms with Gasteiger partial charge in [-0.2, -0.15) is 0 Å². The summed E-state index contributed by atoms with van der Waals surface area (Å²) in [5.74, 6) is 0.679. The van der Waals surface area contributed by atoms with E-state index in [0.717, 1.165) is 18.1 Å². The minimum absolute atomic E-state index is 0. The summed E-state index contributed by atoms with van der Waals surface area (Å²) in [6.07, 6.45) is 0.0763. The highest BCUT2D eigenvalue weighted by atomic mass is 127. The number of methoxy groups -OCH3 is 1. The Hall–Kier alpha value is -1.35. The second kappa shape index (κ2) is 12.9. The number of amides is 1. The summed E-state index contributed by atoms with van der Waals surface area (Å²) in [7, 11) is 1.73. The van der Waals surface area contributed by atoms with Gasteiger partial charge in [-0.25, -0.2) is 4.99 Å². The lowest BCUT2D eigenvalue weighted by Gasteiger charge is -2.30. The van der Waals surface area contributed by atoms with Crippen LogP contribution in [0.3, 0.4) is 0 Å². The van der Waals surface area contributed by atoms with E-state index in [2.05, 4.69) is 41.7 Å². The second-order valence-corrected chi connectivity index (χ2v) is 7.23. The smallest absolute Gasteiger partial charge is 0.251 e. The number of hydrogen-bond donors (Lipinski definition) is 3. The molecule has 0 radical (unpaired) electrons. The number of aliphatic imine (C=N–C) groups is 1. The van der Waals surface area contributed by atoms with Crippen LogP contribution in [0.2, 0.25) is 0 Å². The number of ether oxygens (including phenoxy) is 1. The molecule has 1 atom stereocenters. The van der Waals surface area contributed by atoms with E-state index in [4.69, 9.17) is 4.74 Å². The molecule has 0 saturated heterocycles. The van der Waals surface area contributed by atoms with Gasteiger partial charge in [-0.05, 0) is 37.0 Å². The molecule has 0 aliphatic heterocycles. The van der Waals surface area contributed by atoms with Crippen LogP contribution >= 0.6 is 24.0 Å². The second-order valence-electron chi connectivity index (χ2n) is 7.23. The Morgan fingerprint density at radius 2 is 1.81 bits per heavy atom. The predicted molar refractivity (Wildman–Crippen MR) is 123 cm³/mol. The lowest BCUT2D eigenvalue weighted by Crippen LogP contribution is -2.45. The van der Waals surface area contributed by atoms with Crippen LogP contribution in [0.15, 0.2) is 29.3 Å². The Balaban J connectivity index is 0.00000676. The van der Waals surface area contributed by atoms with E-state index in [-0.39, 0.29) is 41.4 Å². The molecule has 7 heteroatoms. The third-order valence-electron chi connectivity index (χ3n) is 4.00. The fourth-order valence-electron chi connectivity index (χ4n) is 2.52. The van der Waals surface area contributed by atoms with E-state index in [1.54, 1.807) is 7.11 Å². The van der Waals surface area contributed by atoms with Crippen molar-refractivity contribution in [2.24, 2.45) is 10.4 Å². The highest BCUT2D eigenvalue weighted by Gasteiger charge is 2.24. The minimum atomic E-state index is -0.0588. The van der Waals surface area contributed by atoms with Crippen LogP contribution in [-0.2, 0) is 11.3 Å². The van der Waals surface area contributed by atoms with Gasteiger partial charge < -0.3 is 20.7 Å². The number of nitrogens with zero attached hydrogens (tertiary/aromatic N) is 1. The van der Waals surface area contributed by atoms with E-state index in [1.165, 1.54) is 0 Å². The molecule has 1 aromatic rings. The van der Waals surface area contributed by atoms with E-state index in [0.29, 0.717) is 25.2 Å². The summed E-state index contributed by atoms with van der Waals surface area (Å²) in [6.45, 7) is 13.0. The zero-order valence-electron chi connectivity index (χ0n) is 17.4. The molecule has 0 aliphatic rings. The molecule has 3 N–H and O–H groups in total. The normalized spacial score (nSPS) is 12.7. The Morgan fingerprint density at radius 1 is 1.15 bits per heavy atom. The number of guanidine groups is 1. The van der Waals surface area contributed by atoms with Crippen LogP contribution in [0, 0.1) is 5.41 Å². The SMILES string of the molecule is CCNC(=O)c1cccc(CN=C(NCC)NCC(OC)C(C)(C)C)c1.I. The van der Waals surface area contributed by atoms with Gasteiger partial charge in [0.2, 0.25) is 0 Å². The fraction of sp³-hybridized carbons (Fsp3) is 0.600. The first-order valence-corrected chi connectivity index (χ1v) is 9.23. The van der Waals surface area contributed by atoms with Crippen molar-refractivity contribution >= 4 is 35.8 Å². The van der Waals surface area contributed by atoms with Crippen LogP contribution in [0.4, 0.5) is 0 Å². The Morgan fingerprint density at radius 3 is 2.37 bits per heavy atom. The first-order valence-electron chi connectivity index (χ1n) is 9.23. The Bertz CT molecular complexity index is 600. The van der Waals surface area contributed by atoms with Gasteiger partial charge >= 0.3 is 0 Å². The van der Waals surface area contributed by atoms with Gasteiger partial charge in [-0.1, -0.05) is 32.9 Å². The fourth-order valence-corrected chi connectivity index (χ4v) is 2.52. The monoisotopic (exact) mass is 490 g/mol. The van der Waals surface area contributed by atoms with Crippen molar-refractivity contribution in [3.63, 3.8) is 0 Å². The van der Waals surface area contributed by atoms with Crippen molar-refractivity contribution in [3.05, 3.63) is 35.4 Å². The van der Waals surface area contributed by atoms with Crippen LogP contribution in [-0.4, -0.2) is 44.7 Å². The van der Waals surface area contributed by atoms with Gasteiger partial charge in [0.1, 0.15) is 0 Å². The zero-order chi connectivity index (χ0) is 19.6. The molecule has 0 heterocycles.